The number of halogens is 1. The summed E-state index contributed by atoms with van der Waals surface area (Å²) < 4.78 is 8.93. The highest BCUT2D eigenvalue weighted by atomic mass is 79.9. The molecule has 1 amide bonds. The molecule has 0 N–H and O–H groups in total. The van der Waals surface area contributed by atoms with Gasteiger partial charge in [-0.3, -0.25) is 4.79 Å². The second-order valence-corrected chi connectivity index (χ2v) is 7.34. The number of hydrogen-bond acceptors (Lipinski definition) is 3. The van der Waals surface area contributed by atoms with Crippen molar-refractivity contribution in [3.63, 3.8) is 0 Å². The minimum atomic E-state index is -0.0186. The summed E-state index contributed by atoms with van der Waals surface area (Å²) in [5.41, 5.74) is 2.29. The summed E-state index contributed by atoms with van der Waals surface area (Å²) in [7, 11) is 0. The van der Waals surface area contributed by atoms with Crippen molar-refractivity contribution in [2.45, 2.75) is 19.5 Å². The summed E-state index contributed by atoms with van der Waals surface area (Å²) >= 11 is 3.48. The number of benzene rings is 2. The summed E-state index contributed by atoms with van der Waals surface area (Å²) in [6, 6.07) is 18.1. The zero-order valence-corrected chi connectivity index (χ0v) is 16.4. The van der Waals surface area contributed by atoms with E-state index in [9.17, 15) is 4.79 Å². The first-order valence-corrected chi connectivity index (χ1v) is 9.72. The summed E-state index contributed by atoms with van der Waals surface area (Å²) in [5, 5.41) is 0. The van der Waals surface area contributed by atoms with Gasteiger partial charge >= 0.3 is 0 Å². The maximum Gasteiger partial charge on any atom is 0.260 e. The minimum Gasteiger partial charge on any atom is -0.483 e. The second-order valence-electron chi connectivity index (χ2n) is 6.52. The average molecular weight is 426 g/mol. The third-order valence-corrected chi connectivity index (χ3v) is 5.36. The van der Waals surface area contributed by atoms with Crippen molar-refractivity contribution >= 4 is 21.8 Å². The van der Waals surface area contributed by atoms with Crippen LogP contribution in [0.5, 0.6) is 5.75 Å². The number of carbonyl (C=O) groups excluding carboxylic acids is 1. The molecule has 0 atom stereocenters. The Hall–Kier alpha value is -2.60. The zero-order valence-electron chi connectivity index (χ0n) is 14.8. The average Bonchev–Trinajstić information content (AvgIpc) is 3.08. The van der Waals surface area contributed by atoms with Crippen molar-refractivity contribution in [2.75, 3.05) is 13.2 Å². The predicted octanol–water partition coefficient (Wildman–Crippen LogP) is 3.66. The number of imidazole rings is 1. The van der Waals surface area contributed by atoms with Gasteiger partial charge in [-0.2, -0.15) is 0 Å². The van der Waals surface area contributed by atoms with Crippen LogP contribution in [-0.4, -0.2) is 33.5 Å². The highest BCUT2D eigenvalue weighted by Gasteiger charge is 2.23. The number of carbonyl (C=O) groups is 1. The second kappa shape index (κ2) is 7.96. The van der Waals surface area contributed by atoms with E-state index >= 15 is 0 Å². The molecular weight excluding hydrogens is 406 g/mol. The summed E-state index contributed by atoms with van der Waals surface area (Å²) in [5.74, 6) is 1.64. The molecule has 0 saturated heterocycles. The lowest BCUT2D eigenvalue weighted by molar-refractivity contribution is -0.134. The standard InChI is InChI=1S/C21H20BrN3O2/c22-19-13-23-20-14-24(10-11-25(19)20)21(26)15-27-18-9-5-4-8-17(18)12-16-6-2-1-3-7-16/h1-9,13H,10-12,14-15H2. The Kier molecular flexibility index (Phi) is 5.25. The van der Waals surface area contributed by atoms with Crippen LogP contribution < -0.4 is 4.74 Å². The Morgan fingerprint density at radius 3 is 2.70 bits per heavy atom. The smallest absolute Gasteiger partial charge is 0.260 e. The molecule has 3 aromatic rings. The van der Waals surface area contributed by atoms with E-state index < -0.39 is 0 Å². The van der Waals surface area contributed by atoms with Crippen molar-refractivity contribution in [2.24, 2.45) is 0 Å². The fourth-order valence-electron chi connectivity index (χ4n) is 3.27. The van der Waals surface area contributed by atoms with Crippen LogP contribution in [0, 0.1) is 0 Å². The summed E-state index contributed by atoms with van der Waals surface area (Å²) in [4.78, 5) is 18.8. The minimum absolute atomic E-state index is 0.0186. The lowest BCUT2D eigenvalue weighted by Gasteiger charge is -2.28. The number of fused-ring (bicyclic) bond motifs is 1. The zero-order chi connectivity index (χ0) is 18.6. The Morgan fingerprint density at radius 2 is 1.85 bits per heavy atom. The highest BCUT2D eigenvalue weighted by Crippen LogP contribution is 2.22. The number of aromatic nitrogens is 2. The first-order valence-electron chi connectivity index (χ1n) is 8.93. The van der Waals surface area contributed by atoms with Crippen molar-refractivity contribution in [1.29, 1.82) is 0 Å². The highest BCUT2D eigenvalue weighted by molar-refractivity contribution is 9.10. The van der Waals surface area contributed by atoms with Crippen molar-refractivity contribution in [3.05, 3.63) is 82.3 Å². The molecule has 2 aromatic carbocycles. The molecular formula is C21H20BrN3O2. The molecule has 1 aliphatic heterocycles. The van der Waals surface area contributed by atoms with Crippen LogP contribution in [-0.2, 0) is 24.3 Å². The number of amides is 1. The van der Waals surface area contributed by atoms with Crippen LogP contribution in [0.2, 0.25) is 0 Å². The van der Waals surface area contributed by atoms with Gasteiger partial charge in [0, 0.05) is 19.5 Å². The van der Waals surface area contributed by atoms with Gasteiger partial charge in [0.05, 0.1) is 12.7 Å². The summed E-state index contributed by atoms with van der Waals surface area (Å²) in [6.07, 6.45) is 2.56. The van der Waals surface area contributed by atoms with Gasteiger partial charge in [-0.05, 0) is 33.1 Å². The van der Waals surface area contributed by atoms with E-state index in [4.69, 9.17) is 4.74 Å². The van der Waals surface area contributed by atoms with Crippen LogP contribution in [0.3, 0.4) is 0 Å². The van der Waals surface area contributed by atoms with E-state index in [1.165, 1.54) is 5.56 Å². The Balaban J connectivity index is 1.40. The number of nitrogens with zero attached hydrogens (tertiary/aromatic N) is 3. The molecule has 0 saturated carbocycles. The van der Waals surface area contributed by atoms with Gasteiger partial charge in [0.1, 0.15) is 16.2 Å². The molecule has 27 heavy (non-hydrogen) atoms. The molecule has 5 nitrogen and oxygen atoms in total. The van der Waals surface area contributed by atoms with E-state index in [2.05, 4.69) is 37.6 Å². The van der Waals surface area contributed by atoms with Crippen molar-refractivity contribution < 1.29 is 9.53 Å². The molecule has 0 radical (unpaired) electrons. The topological polar surface area (TPSA) is 47.4 Å². The number of para-hydroxylation sites is 1. The van der Waals surface area contributed by atoms with E-state index in [0.717, 1.165) is 34.7 Å². The van der Waals surface area contributed by atoms with Gasteiger partial charge in [-0.1, -0.05) is 48.5 Å². The quantitative estimate of drug-likeness (QED) is 0.626. The number of hydrogen-bond donors (Lipinski definition) is 0. The molecule has 1 aromatic heterocycles. The lowest BCUT2D eigenvalue weighted by atomic mass is 10.0. The maximum absolute atomic E-state index is 12.6. The maximum atomic E-state index is 12.6. The van der Waals surface area contributed by atoms with Crippen LogP contribution in [0.15, 0.2) is 65.4 Å². The van der Waals surface area contributed by atoms with E-state index in [1.807, 2.05) is 42.5 Å². The Morgan fingerprint density at radius 1 is 1.07 bits per heavy atom. The first-order chi connectivity index (χ1) is 13.2. The number of rotatable bonds is 5. The predicted molar refractivity (Wildman–Crippen MR) is 107 cm³/mol. The van der Waals surface area contributed by atoms with E-state index in [0.29, 0.717) is 13.1 Å². The van der Waals surface area contributed by atoms with Gasteiger partial charge in [0.25, 0.3) is 5.91 Å². The van der Waals surface area contributed by atoms with Crippen LogP contribution >= 0.6 is 15.9 Å². The fourth-order valence-corrected chi connectivity index (χ4v) is 3.76. The number of ether oxygens (including phenoxy) is 1. The van der Waals surface area contributed by atoms with Crippen molar-refractivity contribution in [1.82, 2.24) is 14.5 Å². The lowest BCUT2D eigenvalue weighted by Crippen LogP contribution is -2.40. The van der Waals surface area contributed by atoms with Crippen LogP contribution in [0.1, 0.15) is 17.0 Å². The van der Waals surface area contributed by atoms with Crippen LogP contribution in [0.4, 0.5) is 0 Å². The van der Waals surface area contributed by atoms with Gasteiger partial charge in [0.15, 0.2) is 6.61 Å². The largest absolute Gasteiger partial charge is 0.483 e. The Bertz CT molecular complexity index is 940. The first kappa shape index (κ1) is 17.8. The normalized spacial score (nSPS) is 13.3. The van der Waals surface area contributed by atoms with Gasteiger partial charge in [0.2, 0.25) is 0 Å². The molecule has 0 fully saturated rings. The van der Waals surface area contributed by atoms with Crippen molar-refractivity contribution in [3.8, 4) is 5.75 Å². The summed E-state index contributed by atoms with van der Waals surface area (Å²) in [6.45, 7) is 1.95. The monoisotopic (exact) mass is 425 g/mol. The Labute approximate surface area is 166 Å². The molecule has 4 rings (SSSR count). The molecule has 1 aliphatic rings. The molecule has 0 aliphatic carbocycles. The molecule has 6 heteroatoms. The molecule has 0 unspecified atom stereocenters. The van der Waals surface area contributed by atoms with E-state index in [-0.39, 0.29) is 12.5 Å². The SMILES string of the molecule is O=C(COc1ccccc1Cc1ccccc1)N1CCn2c(Br)cnc2C1. The molecule has 0 bridgehead atoms. The molecule has 2 heterocycles. The third-order valence-electron chi connectivity index (χ3n) is 4.73. The fraction of sp³-hybridized carbons (Fsp3) is 0.238. The van der Waals surface area contributed by atoms with Crippen LogP contribution in [0.25, 0.3) is 0 Å². The van der Waals surface area contributed by atoms with E-state index in [1.54, 1.807) is 11.1 Å². The van der Waals surface area contributed by atoms with Gasteiger partial charge in [-0.15, -0.1) is 0 Å². The molecule has 0 spiro atoms. The third kappa shape index (κ3) is 4.06. The van der Waals surface area contributed by atoms with Gasteiger partial charge in [-0.25, -0.2) is 4.98 Å². The van der Waals surface area contributed by atoms with Gasteiger partial charge < -0.3 is 14.2 Å². The molecule has 138 valence electrons.